The molecular weight excluding hydrogens is 392 g/mol. The van der Waals surface area contributed by atoms with E-state index in [-0.39, 0.29) is 11.1 Å². The van der Waals surface area contributed by atoms with E-state index >= 15 is 0 Å². The Morgan fingerprint density at radius 3 is 2.20 bits per heavy atom. The summed E-state index contributed by atoms with van der Waals surface area (Å²) in [5, 5.41) is -0.215. The van der Waals surface area contributed by atoms with Crippen molar-refractivity contribution in [2.24, 2.45) is 0 Å². The molecule has 1 saturated heterocycles. The number of hydrogen-bond acceptors (Lipinski definition) is 3. The predicted octanol–water partition coefficient (Wildman–Crippen LogP) is 5.58. The van der Waals surface area contributed by atoms with Gasteiger partial charge in [-0.1, -0.05) is 60.7 Å². The molecule has 0 radical (unpaired) electrons. The van der Waals surface area contributed by atoms with Crippen LogP contribution in [0.15, 0.2) is 71.6 Å². The Balaban J connectivity index is 1.52. The number of hydrogen-bond donors (Lipinski definition) is 0. The highest BCUT2D eigenvalue weighted by atomic mass is 32.2. The van der Waals surface area contributed by atoms with E-state index in [9.17, 15) is 9.59 Å². The first-order valence-corrected chi connectivity index (χ1v) is 10.8. The number of carbonyl (C=O) groups excluding carboxylic acids is 2. The van der Waals surface area contributed by atoms with E-state index < -0.39 is 0 Å². The van der Waals surface area contributed by atoms with Crippen LogP contribution in [-0.4, -0.2) is 20.6 Å². The molecule has 0 N–H and O–H groups in total. The van der Waals surface area contributed by atoms with E-state index in [1.165, 1.54) is 10.5 Å². The van der Waals surface area contributed by atoms with Crippen molar-refractivity contribution in [1.82, 2.24) is 9.47 Å². The molecule has 152 valence electrons. The number of imide groups is 1. The van der Waals surface area contributed by atoms with Gasteiger partial charge < -0.3 is 4.57 Å². The largest absolute Gasteiger partial charge is 0.348 e. The van der Waals surface area contributed by atoms with E-state index in [4.69, 9.17) is 0 Å². The number of thioether (sulfide) groups is 1. The standard InChI is InChI=1S/C25H24N2O2S/c1-18-15-22(19(2)26(18)14-13-20-9-5-3-6-10-20)16-23-24(28)27(25(29)30-23)17-21-11-7-4-8-12-21/h3-12,15-16H,13-14,17H2,1-2H3/b23-16-. The number of aryl methyl sites for hydroxylation is 2. The second-order valence-electron chi connectivity index (χ2n) is 7.47. The lowest BCUT2D eigenvalue weighted by molar-refractivity contribution is -0.123. The average molecular weight is 417 g/mol. The number of aromatic nitrogens is 1. The predicted molar refractivity (Wildman–Crippen MR) is 122 cm³/mol. The van der Waals surface area contributed by atoms with Crippen LogP contribution >= 0.6 is 11.8 Å². The summed E-state index contributed by atoms with van der Waals surface area (Å²) in [6.45, 7) is 5.33. The summed E-state index contributed by atoms with van der Waals surface area (Å²) in [5.41, 5.74) is 5.50. The van der Waals surface area contributed by atoms with Crippen LogP contribution in [0.2, 0.25) is 0 Å². The van der Waals surface area contributed by atoms with Gasteiger partial charge in [-0.2, -0.15) is 0 Å². The molecule has 1 aliphatic rings. The minimum Gasteiger partial charge on any atom is -0.348 e. The summed E-state index contributed by atoms with van der Waals surface area (Å²) in [4.78, 5) is 27.1. The van der Waals surface area contributed by atoms with E-state index in [2.05, 4.69) is 48.7 Å². The number of benzene rings is 2. The van der Waals surface area contributed by atoms with Crippen molar-refractivity contribution in [2.45, 2.75) is 33.4 Å². The van der Waals surface area contributed by atoms with Crippen molar-refractivity contribution < 1.29 is 9.59 Å². The zero-order valence-corrected chi connectivity index (χ0v) is 18.0. The van der Waals surface area contributed by atoms with Crippen LogP contribution in [0.4, 0.5) is 4.79 Å². The van der Waals surface area contributed by atoms with Crippen molar-refractivity contribution in [1.29, 1.82) is 0 Å². The topological polar surface area (TPSA) is 42.3 Å². The summed E-state index contributed by atoms with van der Waals surface area (Å²) in [6.07, 6.45) is 2.81. The van der Waals surface area contributed by atoms with Gasteiger partial charge in [0, 0.05) is 17.9 Å². The van der Waals surface area contributed by atoms with Crippen molar-refractivity contribution in [3.8, 4) is 0 Å². The van der Waals surface area contributed by atoms with E-state index in [0.29, 0.717) is 11.4 Å². The Bertz CT molecular complexity index is 1100. The van der Waals surface area contributed by atoms with Gasteiger partial charge in [0.1, 0.15) is 0 Å². The van der Waals surface area contributed by atoms with Crippen LogP contribution < -0.4 is 0 Å². The highest BCUT2D eigenvalue weighted by molar-refractivity contribution is 8.18. The van der Waals surface area contributed by atoms with Gasteiger partial charge in [0.2, 0.25) is 0 Å². The van der Waals surface area contributed by atoms with E-state index in [0.717, 1.165) is 47.2 Å². The van der Waals surface area contributed by atoms with Crippen molar-refractivity contribution in [3.05, 3.63) is 99.7 Å². The molecule has 0 unspecified atom stereocenters. The first-order valence-electron chi connectivity index (χ1n) is 10.0. The molecule has 4 nitrogen and oxygen atoms in total. The first kappa shape index (κ1) is 20.2. The lowest BCUT2D eigenvalue weighted by Gasteiger charge is -2.12. The van der Waals surface area contributed by atoms with Crippen molar-refractivity contribution >= 4 is 29.0 Å². The molecule has 0 atom stereocenters. The molecule has 0 bridgehead atoms. The molecule has 2 heterocycles. The molecule has 0 saturated carbocycles. The second-order valence-corrected chi connectivity index (χ2v) is 8.46. The van der Waals surface area contributed by atoms with Gasteiger partial charge in [0.15, 0.2) is 0 Å². The van der Waals surface area contributed by atoms with E-state index in [1.807, 2.05) is 42.5 Å². The van der Waals surface area contributed by atoms with Gasteiger partial charge in [-0.05, 0) is 60.9 Å². The zero-order valence-electron chi connectivity index (χ0n) is 17.2. The molecule has 1 aromatic heterocycles. The molecule has 3 aromatic rings. The number of carbonyl (C=O) groups is 2. The van der Waals surface area contributed by atoms with Crippen LogP contribution in [0, 0.1) is 13.8 Å². The maximum Gasteiger partial charge on any atom is 0.293 e. The second kappa shape index (κ2) is 8.76. The summed E-state index contributed by atoms with van der Waals surface area (Å²) in [7, 11) is 0. The fourth-order valence-electron chi connectivity index (χ4n) is 3.75. The molecule has 4 rings (SSSR count). The minimum atomic E-state index is -0.219. The Hall–Kier alpha value is -3.05. The molecule has 1 aliphatic heterocycles. The monoisotopic (exact) mass is 416 g/mol. The Labute approximate surface area is 181 Å². The molecule has 30 heavy (non-hydrogen) atoms. The van der Waals surface area contributed by atoms with Gasteiger partial charge in [0.05, 0.1) is 11.4 Å². The third kappa shape index (κ3) is 4.26. The highest BCUT2D eigenvalue weighted by Crippen LogP contribution is 2.34. The zero-order chi connectivity index (χ0) is 21.1. The van der Waals surface area contributed by atoms with Crippen LogP contribution in [0.1, 0.15) is 28.1 Å². The minimum absolute atomic E-state index is 0.215. The average Bonchev–Trinajstić information content (AvgIpc) is 3.17. The Morgan fingerprint density at radius 1 is 0.900 bits per heavy atom. The van der Waals surface area contributed by atoms with Crippen molar-refractivity contribution in [3.63, 3.8) is 0 Å². The highest BCUT2D eigenvalue weighted by Gasteiger charge is 2.35. The Morgan fingerprint density at radius 2 is 1.53 bits per heavy atom. The molecule has 0 aliphatic carbocycles. The molecular formula is C25H24N2O2S. The maximum absolute atomic E-state index is 12.8. The molecule has 0 spiro atoms. The molecule has 2 amide bonds. The van der Waals surface area contributed by atoms with Crippen LogP contribution in [-0.2, 0) is 24.3 Å². The fraction of sp³-hybridized carbons (Fsp3) is 0.200. The van der Waals surface area contributed by atoms with Crippen LogP contribution in [0.3, 0.4) is 0 Å². The summed E-state index contributed by atoms with van der Waals surface area (Å²) < 4.78 is 2.27. The van der Waals surface area contributed by atoms with Gasteiger partial charge in [-0.15, -0.1) is 0 Å². The SMILES string of the molecule is Cc1cc(/C=C2\SC(=O)N(Cc3ccccc3)C2=O)c(C)n1CCc1ccccc1. The quantitative estimate of drug-likeness (QED) is 0.492. The number of amides is 2. The molecule has 1 fully saturated rings. The first-order chi connectivity index (χ1) is 14.5. The smallest absolute Gasteiger partial charge is 0.293 e. The summed E-state index contributed by atoms with van der Waals surface area (Å²) >= 11 is 1.02. The third-order valence-electron chi connectivity index (χ3n) is 5.42. The van der Waals surface area contributed by atoms with Crippen LogP contribution in [0.5, 0.6) is 0 Å². The van der Waals surface area contributed by atoms with Crippen LogP contribution in [0.25, 0.3) is 6.08 Å². The molecule has 5 heteroatoms. The Kier molecular flexibility index (Phi) is 5.91. The normalized spacial score (nSPS) is 15.4. The number of rotatable bonds is 6. The molecule has 2 aromatic carbocycles. The number of nitrogens with zero attached hydrogens (tertiary/aromatic N) is 2. The van der Waals surface area contributed by atoms with Crippen molar-refractivity contribution in [2.75, 3.05) is 0 Å². The third-order valence-corrected chi connectivity index (χ3v) is 6.33. The van der Waals surface area contributed by atoms with E-state index in [1.54, 1.807) is 0 Å². The van der Waals surface area contributed by atoms with Gasteiger partial charge in [0.25, 0.3) is 11.1 Å². The summed E-state index contributed by atoms with van der Waals surface area (Å²) in [5.74, 6) is -0.219. The van der Waals surface area contributed by atoms with Gasteiger partial charge in [-0.3, -0.25) is 14.5 Å². The maximum atomic E-state index is 12.8. The fourth-order valence-corrected chi connectivity index (χ4v) is 4.58. The lowest BCUT2D eigenvalue weighted by Crippen LogP contribution is -2.27. The lowest BCUT2D eigenvalue weighted by atomic mass is 10.1. The van der Waals surface area contributed by atoms with Gasteiger partial charge in [-0.25, -0.2) is 0 Å². The van der Waals surface area contributed by atoms with Gasteiger partial charge >= 0.3 is 0 Å². The summed E-state index contributed by atoms with van der Waals surface area (Å²) in [6, 6.07) is 22.1.